The van der Waals surface area contributed by atoms with Crippen molar-refractivity contribution in [3.63, 3.8) is 0 Å². The van der Waals surface area contributed by atoms with Crippen molar-refractivity contribution in [2.45, 2.75) is 0 Å². The fourth-order valence-corrected chi connectivity index (χ4v) is 1.61. The first-order valence-corrected chi connectivity index (χ1v) is 5.49. The monoisotopic (exact) mass is 241 g/mol. The third kappa shape index (κ3) is 3.40. The van der Waals surface area contributed by atoms with E-state index in [1.54, 1.807) is 0 Å². The van der Waals surface area contributed by atoms with Crippen LogP contribution in [-0.2, 0) is 4.74 Å². The molecule has 2 heterocycles. The number of ether oxygens (including phenoxy) is 1. The number of morpholine rings is 1. The molecule has 1 amide bonds. The number of H-pyrrole nitrogens is 2. The summed E-state index contributed by atoms with van der Waals surface area (Å²) in [6.45, 7) is 4.53. The van der Waals surface area contributed by atoms with E-state index >= 15 is 0 Å². The second-order valence-electron chi connectivity index (χ2n) is 3.74. The fourth-order valence-electron chi connectivity index (χ4n) is 1.61. The number of nitrogens with zero attached hydrogens (tertiary/aromatic N) is 2. The molecule has 3 N–H and O–H groups in total. The minimum atomic E-state index is -0.483. The Morgan fingerprint density at radius 3 is 2.88 bits per heavy atom. The zero-order valence-corrected chi connectivity index (χ0v) is 9.36. The summed E-state index contributed by atoms with van der Waals surface area (Å²) in [7, 11) is 0. The lowest BCUT2D eigenvalue weighted by molar-refractivity contribution is 0.0383. The number of aromatic amines is 2. The van der Waals surface area contributed by atoms with Gasteiger partial charge < -0.3 is 10.1 Å². The maximum Gasteiger partial charge on any atom is 0.341 e. The first-order valence-electron chi connectivity index (χ1n) is 5.49. The molecule has 17 heavy (non-hydrogen) atoms. The number of amides is 1. The molecule has 0 aliphatic carbocycles. The number of carbonyl (C=O) groups is 1. The summed E-state index contributed by atoms with van der Waals surface area (Å²) in [4.78, 5) is 26.7. The van der Waals surface area contributed by atoms with Gasteiger partial charge in [-0.25, -0.2) is 9.89 Å². The molecular formula is C9H15N5O3. The van der Waals surface area contributed by atoms with E-state index in [9.17, 15) is 9.59 Å². The summed E-state index contributed by atoms with van der Waals surface area (Å²) in [5, 5.41) is 8.37. The first kappa shape index (κ1) is 11.8. The molecule has 0 saturated carbocycles. The van der Waals surface area contributed by atoms with Gasteiger partial charge in [-0.15, -0.1) is 5.10 Å². The second kappa shape index (κ2) is 5.60. The van der Waals surface area contributed by atoms with Crippen molar-refractivity contribution >= 4 is 5.91 Å². The molecule has 0 aromatic carbocycles. The maximum absolute atomic E-state index is 11.5. The maximum atomic E-state index is 11.5. The van der Waals surface area contributed by atoms with Gasteiger partial charge in [0.25, 0.3) is 5.91 Å². The van der Waals surface area contributed by atoms with E-state index < -0.39 is 5.69 Å². The molecule has 0 radical (unpaired) electrons. The predicted octanol–water partition coefficient (Wildman–Crippen LogP) is -1.84. The highest BCUT2D eigenvalue weighted by Crippen LogP contribution is 1.94. The average Bonchev–Trinajstić information content (AvgIpc) is 2.77. The third-order valence-electron chi connectivity index (χ3n) is 2.53. The van der Waals surface area contributed by atoms with Gasteiger partial charge in [0.05, 0.1) is 13.2 Å². The second-order valence-corrected chi connectivity index (χ2v) is 3.74. The normalized spacial score (nSPS) is 16.9. The predicted molar refractivity (Wildman–Crippen MR) is 58.8 cm³/mol. The topological polar surface area (TPSA) is 103 Å². The Hall–Kier alpha value is -1.67. The lowest BCUT2D eigenvalue weighted by Crippen LogP contribution is -2.41. The van der Waals surface area contributed by atoms with E-state index in [0.717, 1.165) is 32.8 Å². The molecule has 1 aliphatic rings. The van der Waals surface area contributed by atoms with E-state index in [-0.39, 0.29) is 11.7 Å². The molecule has 2 rings (SSSR count). The van der Waals surface area contributed by atoms with E-state index in [1.165, 1.54) is 0 Å². The minimum Gasteiger partial charge on any atom is -0.379 e. The van der Waals surface area contributed by atoms with Crippen molar-refractivity contribution in [1.82, 2.24) is 25.4 Å². The number of rotatable bonds is 4. The van der Waals surface area contributed by atoms with Crippen LogP contribution in [0.2, 0.25) is 0 Å². The van der Waals surface area contributed by atoms with Gasteiger partial charge in [0, 0.05) is 26.2 Å². The SMILES string of the molecule is O=C(NCCN1CCOCC1)c1n[nH]c(=O)[nH]1. The molecule has 0 unspecified atom stereocenters. The highest BCUT2D eigenvalue weighted by Gasteiger charge is 2.12. The van der Waals surface area contributed by atoms with E-state index in [2.05, 4.69) is 25.4 Å². The summed E-state index contributed by atoms with van der Waals surface area (Å²) in [6.07, 6.45) is 0. The quantitative estimate of drug-likeness (QED) is 0.575. The van der Waals surface area contributed by atoms with Crippen LogP contribution in [0.3, 0.4) is 0 Å². The van der Waals surface area contributed by atoms with Gasteiger partial charge in [-0.1, -0.05) is 0 Å². The molecule has 0 bridgehead atoms. The van der Waals surface area contributed by atoms with Crippen molar-refractivity contribution in [2.24, 2.45) is 0 Å². The number of hydrogen-bond donors (Lipinski definition) is 3. The van der Waals surface area contributed by atoms with Crippen molar-refractivity contribution < 1.29 is 9.53 Å². The fraction of sp³-hybridized carbons (Fsp3) is 0.667. The molecule has 1 aromatic heterocycles. The van der Waals surface area contributed by atoms with Crippen LogP contribution in [0.4, 0.5) is 0 Å². The Morgan fingerprint density at radius 1 is 1.47 bits per heavy atom. The van der Waals surface area contributed by atoms with Crippen LogP contribution in [0, 0.1) is 0 Å². The Kier molecular flexibility index (Phi) is 3.89. The zero-order valence-electron chi connectivity index (χ0n) is 9.36. The Bertz CT molecular complexity index is 420. The summed E-state index contributed by atoms with van der Waals surface area (Å²) in [6, 6.07) is 0. The van der Waals surface area contributed by atoms with Crippen LogP contribution >= 0.6 is 0 Å². The minimum absolute atomic E-state index is 0.0111. The molecular weight excluding hydrogens is 226 g/mol. The average molecular weight is 241 g/mol. The van der Waals surface area contributed by atoms with Crippen LogP contribution in [0.15, 0.2) is 4.79 Å². The van der Waals surface area contributed by atoms with Crippen molar-refractivity contribution in [3.05, 3.63) is 16.3 Å². The van der Waals surface area contributed by atoms with Gasteiger partial charge in [0.2, 0.25) is 5.82 Å². The lowest BCUT2D eigenvalue weighted by atomic mass is 10.4. The first-order chi connectivity index (χ1) is 8.25. The van der Waals surface area contributed by atoms with Gasteiger partial charge in [0.15, 0.2) is 0 Å². The molecule has 1 aliphatic heterocycles. The van der Waals surface area contributed by atoms with Gasteiger partial charge in [-0.2, -0.15) is 0 Å². The molecule has 1 aromatic rings. The number of hydrogen-bond acceptors (Lipinski definition) is 5. The number of carbonyl (C=O) groups excluding carboxylic acids is 1. The van der Waals surface area contributed by atoms with Crippen LogP contribution in [0.1, 0.15) is 10.6 Å². The molecule has 94 valence electrons. The highest BCUT2D eigenvalue weighted by atomic mass is 16.5. The van der Waals surface area contributed by atoms with E-state index in [4.69, 9.17) is 4.74 Å². The molecule has 1 fully saturated rings. The van der Waals surface area contributed by atoms with Gasteiger partial charge >= 0.3 is 5.69 Å². The largest absolute Gasteiger partial charge is 0.379 e. The molecule has 8 nitrogen and oxygen atoms in total. The Balaban J connectivity index is 1.71. The third-order valence-corrected chi connectivity index (χ3v) is 2.53. The van der Waals surface area contributed by atoms with Gasteiger partial charge in [-0.3, -0.25) is 14.7 Å². The van der Waals surface area contributed by atoms with Crippen molar-refractivity contribution in [2.75, 3.05) is 39.4 Å². The van der Waals surface area contributed by atoms with Gasteiger partial charge in [-0.05, 0) is 0 Å². The summed E-state index contributed by atoms with van der Waals surface area (Å²) >= 11 is 0. The van der Waals surface area contributed by atoms with E-state index in [1.807, 2.05) is 0 Å². The van der Waals surface area contributed by atoms with Crippen molar-refractivity contribution in [1.29, 1.82) is 0 Å². The smallest absolute Gasteiger partial charge is 0.341 e. The summed E-state index contributed by atoms with van der Waals surface area (Å²) in [5.41, 5.74) is -0.483. The molecule has 8 heteroatoms. The number of aromatic nitrogens is 3. The van der Waals surface area contributed by atoms with Crippen LogP contribution in [0.25, 0.3) is 0 Å². The van der Waals surface area contributed by atoms with Crippen molar-refractivity contribution in [3.8, 4) is 0 Å². The summed E-state index contributed by atoms with van der Waals surface area (Å²) < 4.78 is 5.22. The number of nitrogens with one attached hydrogen (secondary N) is 3. The lowest BCUT2D eigenvalue weighted by Gasteiger charge is -2.26. The van der Waals surface area contributed by atoms with E-state index in [0.29, 0.717) is 6.54 Å². The molecule has 1 saturated heterocycles. The van der Waals surface area contributed by atoms with Crippen LogP contribution < -0.4 is 11.0 Å². The Labute approximate surface area is 97.3 Å². The Morgan fingerprint density at radius 2 is 2.24 bits per heavy atom. The van der Waals surface area contributed by atoms with Crippen LogP contribution in [-0.4, -0.2) is 65.4 Å². The molecule has 0 spiro atoms. The zero-order chi connectivity index (χ0) is 12.1. The van der Waals surface area contributed by atoms with Gasteiger partial charge in [0.1, 0.15) is 0 Å². The highest BCUT2D eigenvalue weighted by molar-refractivity contribution is 5.90. The standard InChI is InChI=1S/C9H15N5O3/c15-8(7-11-9(16)13-12-7)10-1-2-14-3-5-17-6-4-14/h1-6H2,(H,10,15)(H2,11,12,13,16). The summed E-state index contributed by atoms with van der Waals surface area (Å²) in [5.74, 6) is -0.367. The molecule has 0 atom stereocenters. The van der Waals surface area contributed by atoms with Crippen LogP contribution in [0.5, 0.6) is 0 Å².